The summed E-state index contributed by atoms with van der Waals surface area (Å²) < 4.78 is 25.3. The number of hydrogen-bond acceptors (Lipinski definition) is 6. The van der Waals surface area contributed by atoms with Gasteiger partial charge in [-0.25, -0.2) is 14.1 Å². The topological polar surface area (TPSA) is 114 Å². The van der Waals surface area contributed by atoms with Gasteiger partial charge < -0.3 is 14.8 Å². The second-order valence-corrected chi connectivity index (χ2v) is 10.1. The van der Waals surface area contributed by atoms with Gasteiger partial charge in [-0.1, -0.05) is 23.2 Å². The van der Waals surface area contributed by atoms with Crippen LogP contribution < -0.4 is 25.0 Å². The first-order chi connectivity index (χ1) is 19.1. The maximum Gasteiger partial charge on any atom is 0.335 e. The van der Waals surface area contributed by atoms with E-state index in [1.807, 2.05) is 22.6 Å². The van der Waals surface area contributed by atoms with Gasteiger partial charge in [-0.3, -0.25) is 19.7 Å². The third kappa shape index (κ3) is 6.72. The standard InChI is InChI=1S/C27H19Cl2FIN3O6/c1-2-39-22-11-14(9-18-25(36)33-27(38)34(26(18)37)17-6-3-15(30)4-7-17)10-21(31)24(22)40-13-23(35)32-16-5-8-19(28)20(29)12-16/h3-12H,2,13H2,1H3,(H,32,35)(H,33,36,38)/b18-9+. The SMILES string of the molecule is CCOc1cc(/C=C2\C(=O)NC(=O)N(c3ccc(F)cc3)C2=O)cc(I)c1OCC(=O)Nc1ccc(Cl)c(Cl)c1. The number of halogens is 4. The van der Waals surface area contributed by atoms with E-state index in [-0.39, 0.29) is 41.0 Å². The largest absolute Gasteiger partial charge is 0.490 e. The fourth-order valence-electron chi connectivity index (χ4n) is 3.63. The predicted molar refractivity (Wildman–Crippen MR) is 156 cm³/mol. The lowest BCUT2D eigenvalue weighted by atomic mass is 10.1. The Morgan fingerprint density at radius 1 is 1.05 bits per heavy atom. The normalized spacial score (nSPS) is 14.3. The van der Waals surface area contributed by atoms with Gasteiger partial charge in [0.05, 0.1) is 25.9 Å². The maximum atomic E-state index is 13.3. The molecule has 5 amide bonds. The lowest BCUT2D eigenvalue weighted by molar-refractivity contribution is -0.122. The van der Waals surface area contributed by atoms with Gasteiger partial charge in [-0.05, 0) is 95.8 Å². The van der Waals surface area contributed by atoms with Crippen molar-refractivity contribution < 1.29 is 33.0 Å². The third-order valence-electron chi connectivity index (χ3n) is 5.38. The summed E-state index contributed by atoms with van der Waals surface area (Å²) in [6.45, 7) is 1.66. The minimum absolute atomic E-state index is 0.0924. The number of anilines is 2. The summed E-state index contributed by atoms with van der Waals surface area (Å²) >= 11 is 13.9. The van der Waals surface area contributed by atoms with Crippen molar-refractivity contribution in [1.29, 1.82) is 0 Å². The number of urea groups is 1. The summed E-state index contributed by atoms with van der Waals surface area (Å²) in [5.74, 6) is -2.24. The van der Waals surface area contributed by atoms with E-state index in [9.17, 15) is 23.6 Å². The number of imide groups is 2. The molecule has 0 aliphatic carbocycles. The summed E-state index contributed by atoms with van der Waals surface area (Å²) in [6.07, 6.45) is 1.30. The fourth-order valence-corrected chi connectivity index (χ4v) is 4.71. The van der Waals surface area contributed by atoms with Crippen LogP contribution in [0.4, 0.5) is 20.6 Å². The molecular weight excluding hydrogens is 679 g/mol. The van der Waals surface area contributed by atoms with Gasteiger partial charge in [0.2, 0.25) is 0 Å². The Bertz CT molecular complexity index is 1550. The van der Waals surface area contributed by atoms with Gasteiger partial charge in [-0.2, -0.15) is 0 Å². The molecule has 1 aliphatic heterocycles. The molecule has 4 rings (SSSR count). The first-order valence-electron chi connectivity index (χ1n) is 11.6. The number of hydrogen-bond donors (Lipinski definition) is 2. The van der Waals surface area contributed by atoms with Crippen LogP contribution in [0, 0.1) is 9.39 Å². The van der Waals surface area contributed by atoms with Crippen molar-refractivity contribution in [3.63, 3.8) is 0 Å². The van der Waals surface area contributed by atoms with E-state index >= 15 is 0 Å². The van der Waals surface area contributed by atoms with Gasteiger partial charge in [0, 0.05) is 5.69 Å². The van der Waals surface area contributed by atoms with E-state index in [4.69, 9.17) is 32.7 Å². The van der Waals surface area contributed by atoms with E-state index in [0.717, 1.165) is 17.0 Å². The second kappa shape index (κ2) is 12.7. The highest BCUT2D eigenvalue weighted by molar-refractivity contribution is 14.1. The van der Waals surface area contributed by atoms with Crippen LogP contribution in [0.3, 0.4) is 0 Å². The first kappa shape index (κ1) is 29.3. The maximum absolute atomic E-state index is 13.3. The van der Waals surface area contributed by atoms with Crippen LogP contribution >= 0.6 is 45.8 Å². The van der Waals surface area contributed by atoms with Crippen LogP contribution in [0.15, 0.2) is 60.2 Å². The number of amides is 5. The summed E-state index contributed by atoms with van der Waals surface area (Å²) in [5.41, 5.74) is 0.604. The van der Waals surface area contributed by atoms with E-state index in [2.05, 4.69) is 10.6 Å². The van der Waals surface area contributed by atoms with Crippen LogP contribution in [0.1, 0.15) is 12.5 Å². The molecule has 0 bridgehead atoms. The molecule has 0 spiro atoms. The van der Waals surface area contributed by atoms with Crippen molar-refractivity contribution in [3.8, 4) is 11.5 Å². The summed E-state index contributed by atoms with van der Waals surface area (Å²) in [7, 11) is 0. The molecule has 0 aromatic heterocycles. The summed E-state index contributed by atoms with van der Waals surface area (Å²) in [4.78, 5) is 51.3. The van der Waals surface area contributed by atoms with Crippen molar-refractivity contribution in [2.75, 3.05) is 23.4 Å². The second-order valence-electron chi connectivity index (χ2n) is 8.16. The molecule has 0 atom stereocenters. The van der Waals surface area contributed by atoms with Crippen molar-refractivity contribution in [2.45, 2.75) is 6.92 Å². The van der Waals surface area contributed by atoms with E-state index in [1.165, 1.54) is 30.3 Å². The number of carbonyl (C=O) groups is 4. The highest BCUT2D eigenvalue weighted by Crippen LogP contribution is 2.35. The molecule has 13 heteroatoms. The molecule has 3 aromatic rings. The van der Waals surface area contributed by atoms with Crippen LogP contribution in [-0.2, 0) is 14.4 Å². The van der Waals surface area contributed by atoms with Crippen molar-refractivity contribution in [3.05, 3.63) is 85.2 Å². The smallest absolute Gasteiger partial charge is 0.335 e. The van der Waals surface area contributed by atoms with E-state index in [1.54, 1.807) is 25.1 Å². The molecule has 206 valence electrons. The Hall–Kier alpha value is -3.68. The minimum atomic E-state index is -0.953. The Morgan fingerprint density at radius 3 is 2.45 bits per heavy atom. The Labute approximate surface area is 251 Å². The van der Waals surface area contributed by atoms with Gasteiger partial charge in [0.15, 0.2) is 18.1 Å². The number of benzene rings is 3. The molecule has 40 heavy (non-hydrogen) atoms. The number of nitrogens with zero attached hydrogens (tertiary/aromatic N) is 1. The van der Waals surface area contributed by atoms with Crippen LogP contribution in [0.5, 0.6) is 11.5 Å². The van der Waals surface area contributed by atoms with Crippen LogP contribution in [0.2, 0.25) is 10.0 Å². The van der Waals surface area contributed by atoms with E-state index < -0.39 is 29.6 Å². The molecule has 1 saturated heterocycles. The van der Waals surface area contributed by atoms with Crippen LogP contribution in [-0.4, -0.2) is 37.0 Å². The average Bonchev–Trinajstić information content (AvgIpc) is 2.89. The Balaban J connectivity index is 1.57. The molecule has 0 unspecified atom stereocenters. The van der Waals surface area contributed by atoms with Gasteiger partial charge in [0.1, 0.15) is 11.4 Å². The molecule has 3 aromatic carbocycles. The van der Waals surface area contributed by atoms with Gasteiger partial charge in [0.25, 0.3) is 17.7 Å². The highest BCUT2D eigenvalue weighted by atomic mass is 127. The van der Waals surface area contributed by atoms with Crippen molar-refractivity contribution in [2.24, 2.45) is 0 Å². The fraction of sp³-hybridized carbons (Fsp3) is 0.111. The molecule has 9 nitrogen and oxygen atoms in total. The third-order valence-corrected chi connectivity index (χ3v) is 6.92. The molecule has 2 N–H and O–H groups in total. The quantitative estimate of drug-likeness (QED) is 0.174. The Kier molecular flexibility index (Phi) is 9.28. The molecule has 0 radical (unpaired) electrons. The zero-order valence-electron chi connectivity index (χ0n) is 20.6. The minimum Gasteiger partial charge on any atom is -0.490 e. The molecular formula is C27H19Cl2FIN3O6. The number of carbonyl (C=O) groups excluding carboxylic acids is 4. The first-order valence-corrected chi connectivity index (χ1v) is 13.4. The molecule has 1 fully saturated rings. The van der Waals surface area contributed by atoms with Crippen molar-refractivity contribution in [1.82, 2.24) is 5.32 Å². The highest BCUT2D eigenvalue weighted by Gasteiger charge is 2.37. The van der Waals surface area contributed by atoms with E-state index in [0.29, 0.717) is 19.8 Å². The summed E-state index contributed by atoms with van der Waals surface area (Å²) in [5, 5.41) is 5.41. The Morgan fingerprint density at radius 2 is 1.77 bits per heavy atom. The zero-order chi connectivity index (χ0) is 29.0. The molecule has 1 aliphatic rings. The number of rotatable bonds is 8. The van der Waals surface area contributed by atoms with Crippen molar-refractivity contribution >= 4 is 87.0 Å². The average molecular weight is 698 g/mol. The monoisotopic (exact) mass is 697 g/mol. The number of ether oxygens (including phenoxy) is 2. The number of nitrogens with one attached hydrogen (secondary N) is 2. The molecule has 0 saturated carbocycles. The van der Waals surface area contributed by atoms with Gasteiger partial charge >= 0.3 is 6.03 Å². The lowest BCUT2D eigenvalue weighted by Gasteiger charge is -2.26. The number of barbiturate groups is 1. The predicted octanol–water partition coefficient (Wildman–Crippen LogP) is 5.82. The zero-order valence-corrected chi connectivity index (χ0v) is 24.3. The lowest BCUT2D eigenvalue weighted by Crippen LogP contribution is -2.54. The molecule has 1 heterocycles. The van der Waals surface area contributed by atoms with Gasteiger partial charge in [-0.15, -0.1) is 0 Å². The summed E-state index contributed by atoms with van der Waals surface area (Å²) in [6, 6.07) is 11.5. The van der Waals surface area contributed by atoms with Crippen LogP contribution in [0.25, 0.3) is 6.08 Å².